The quantitative estimate of drug-likeness (QED) is 0.649. The van der Waals surface area contributed by atoms with Gasteiger partial charge in [0.1, 0.15) is 0 Å². The van der Waals surface area contributed by atoms with Gasteiger partial charge in [-0.05, 0) is 38.8 Å². The van der Waals surface area contributed by atoms with Crippen LogP contribution >= 0.6 is 0 Å². The molecule has 0 fully saturated rings. The molecule has 0 aliphatic heterocycles. The molecule has 1 aromatic heterocycles. The van der Waals surface area contributed by atoms with Gasteiger partial charge in [-0.3, -0.25) is 4.68 Å². The summed E-state index contributed by atoms with van der Waals surface area (Å²) in [5, 5.41) is 8.05. The van der Waals surface area contributed by atoms with Gasteiger partial charge in [0.25, 0.3) is 0 Å². The van der Waals surface area contributed by atoms with E-state index in [1.165, 1.54) is 12.1 Å². The van der Waals surface area contributed by atoms with E-state index < -0.39 is 0 Å². The van der Waals surface area contributed by atoms with E-state index in [0.29, 0.717) is 6.04 Å². The van der Waals surface area contributed by atoms with Crippen LogP contribution in [0.15, 0.2) is 12.3 Å². The zero-order valence-electron chi connectivity index (χ0n) is 12.0. The minimum atomic E-state index is 0.514. The SMILES string of the molecule is CCCNC(CCCOCC)Cc1ccn(C)n1. The van der Waals surface area contributed by atoms with Gasteiger partial charge in [-0.25, -0.2) is 0 Å². The van der Waals surface area contributed by atoms with Crippen molar-refractivity contribution >= 4 is 0 Å². The molecule has 18 heavy (non-hydrogen) atoms. The molecule has 0 aliphatic carbocycles. The highest BCUT2D eigenvalue weighted by molar-refractivity contribution is 5.01. The van der Waals surface area contributed by atoms with E-state index in [1.54, 1.807) is 0 Å². The average Bonchev–Trinajstić information content (AvgIpc) is 2.77. The number of ether oxygens (including phenoxy) is 1. The molecule has 4 heteroatoms. The first-order valence-corrected chi connectivity index (χ1v) is 7.05. The van der Waals surface area contributed by atoms with Gasteiger partial charge in [0.2, 0.25) is 0 Å². The van der Waals surface area contributed by atoms with Gasteiger partial charge in [-0.15, -0.1) is 0 Å². The number of rotatable bonds is 10. The van der Waals surface area contributed by atoms with E-state index >= 15 is 0 Å². The maximum atomic E-state index is 5.40. The van der Waals surface area contributed by atoms with Crippen molar-refractivity contribution in [2.45, 2.75) is 45.6 Å². The summed E-state index contributed by atoms with van der Waals surface area (Å²) in [7, 11) is 1.97. The van der Waals surface area contributed by atoms with Gasteiger partial charge >= 0.3 is 0 Å². The summed E-state index contributed by atoms with van der Waals surface area (Å²) in [5.41, 5.74) is 1.17. The Balaban J connectivity index is 2.34. The Hall–Kier alpha value is -0.870. The van der Waals surface area contributed by atoms with Gasteiger partial charge in [-0.1, -0.05) is 6.92 Å². The van der Waals surface area contributed by atoms with Gasteiger partial charge in [0.15, 0.2) is 0 Å². The van der Waals surface area contributed by atoms with E-state index in [4.69, 9.17) is 4.74 Å². The van der Waals surface area contributed by atoms with Crippen LogP contribution in [0.4, 0.5) is 0 Å². The molecular weight excluding hydrogens is 226 g/mol. The highest BCUT2D eigenvalue weighted by Gasteiger charge is 2.10. The predicted molar refractivity (Wildman–Crippen MR) is 74.7 cm³/mol. The molecule has 0 spiro atoms. The lowest BCUT2D eigenvalue weighted by molar-refractivity contribution is 0.140. The topological polar surface area (TPSA) is 39.1 Å². The first kappa shape index (κ1) is 15.2. The molecule has 1 unspecified atom stereocenters. The van der Waals surface area contributed by atoms with Crippen LogP contribution in [0.25, 0.3) is 0 Å². The second-order valence-corrected chi connectivity index (χ2v) is 4.68. The van der Waals surface area contributed by atoms with Crippen molar-refractivity contribution in [1.29, 1.82) is 0 Å². The summed E-state index contributed by atoms with van der Waals surface area (Å²) in [4.78, 5) is 0. The van der Waals surface area contributed by atoms with Crippen LogP contribution in [0.3, 0.4) is 0 Å². The maximum Gasteiger partial charge on any atom is 0.0639 e. The third-order valence-electron chi connectivity index (χ3n) is 2.95. The predicted octanol–water partition coefficient (Wildman–Crippen LogP) is 2.15. The summed E-state index contributed by atoms with van der Waals surface area (Å²) in [6.45, 7) is 6.99. The molecule has 1 atom stereocenters. The van der Waals surface area contributed by atoms with Gasteiger partial charge in [0, 0.05) is 38.9 Å². The van der Waals surface area contributed by atoms with Crippen molar-refractivity contribution in [3.8, 4) is 0 Å². The largest absolute Gasteiger partial charge is 0.382 e. The van der Waals surface area contributed by atoms with Crippen molar-refractivity contribution in [2.75, 3.05) is 19.8 Å². The number of nitrogens with one attached hydrogen (secondary N) is 1. The monoisotopic (exact) mass is 253 g/mol. The van der Waals surface area contributed by atoms with E-state index in [2.05, 4.69) is 23.4 Å². The molecule has 1 heterocycles. The molecule has 0 saturated carbocycles. The average molecular weight is 253 g/mol. The molecular formula is C14H27N3O. The molecule has 4 nitrogen and oxygen atoms in total. The number of hydrogen-bond donors (Lipinski definition) is 1. The Kier molecular flexibility index (Phi) is 7.69. The highest BCUT2D eigenvalue weighted by Crippen LogP contribution is 2.06. The molecule has 1 aromatic rings. The van der Waals surface area contributed by atoms with Crippen LogP contribution in [-0.2, 0) is 18.2 Å². The van der Waals surface area contributed by atoms with E-state index in [-0.39, 0.29) is 0 Å². The van der Waals surface area contributed by atoms with Crippen LogP contribution < -0.4 is 5.32 Å². The number of hydrogen-bond acceptors (Lipinski definition) is 3. The second kappa shape index (κ2) is 9.11. The summed E-state index contributed by atoms with van der Waals surface area (Å²) in [6.07, 6.45) is 6.45. The molecule has 0 aromatic carbocycles. The first-order valence-electron chi connectivity index (χ1n) is 7.05. The Morgan fingerprint density at radius 3 is 2.89 bits per heavy atom. The fraction of sp³-hybridized carbons (Fsp3) is 0.786. The van der Waals surface area contributed by atoms with E-state index in [1.807, 2.05) is 24.9 Å². The molecule has 104 valence electrons. The van der Waals surface area contributed by atoms with Gasteiger partial charge < -0.3 is 10.1 Å². The van der Waals surface area contributed by atoms with E-state index in [0.717, 1.165) is 39.0 Å². The lowest BCUT2D eigenvalue weighted by atomic mass is 10.1. The normalized spacial score (nSPS) is 12.8. The fourth-order valence-corrected chi connectivity index (χ4v) is 2.03. The van der Waals surface area contributed by atoms with Gasteiger partial charge in [-0.2, -0.15) is 5.10 Å². The third-order valence-corrected chi connectivity index (χ3v) is 2.95. The van der Waals surface area contributed by atoms with Crippen molar-refractivity contribution in [3.63, 3.8) is 0 Å². The lowest BCUT2D eigenvalue weighted by Crippen LogP contribution is -2.32. The number of aromatic nitrogens is 2. The molecule has 0 bridgehead atoms. The molecule has 1 N–H and O–H groups in total. The minimum Gasteiger partial charge on any atom is -0.382 e. The van der Waals surface area contributed by atoms with Crippen LogP contribution in [0.2, 0.25) is 0 Å². The zero-order valence-corrected chi connectivity index (χ0v) is 12.0. The second-order valence-electron chi connectivity index (χ2n) is 4.68. The maximum absolute atomic E-state index is 5.40. The summed E-state index contributed by atoms with van der Waals surface area (Å²) < 4.78 is 7.26. The molecule has 0 radical (unpaired) electrons. The van der Waals surface area contributed by atoms with Crippen LogP contribution in [0, 0.1) is 0 Å². The van der Waals surface area contributed by atoms with Crippen LogP contribution in [-0.4, -0.2) is 35.6 Å². The first-order chi connectivity index (χ1) is 8.76. The zero-order chi connectivity index (χ0) is 13.2. The van der Waals surface area contributed by atoms with E-state index in [9.17, 15) is 0 Å². The molecule has 0 amide bonds. The number of nitrogens with zero attached hydrogens (tertiary/aromatic N) is 2. The highest BCUT2D eigenvalue weighted by atomic mass is 16.5. The summed E-state index contributed by atoms with van der Waals surface area (Å²) in [5.74, 6) is 0. The van der Waals surface area contributed by atoms with Crippen molar-refractivity contribution in [1.82, 2.24) is 15.1 Å². The van der Waals surface area contributed by atoms with Crippen molar-refractivity contribution in [2.24, 2.45) is 7.05 Å². The van der Waals surface area contributed by atoms with Crippen LogP contribution in [0.1, 0.15) is 38.8 Å². The fourth-order valence-electron chi connectivity index (χ4n) is 2.03. The van der Waals surface area contributed by atoms with Crippen molar-refractivity contribution in [3.05, 3.63) is 18.0 Å². The standard InChI is InChI=1S/C14H27N3O/c1-4-9-15-13(7-6-11-18-5-2)12-14-8-10-17(3)16-14/h8,10,13,15H,4-7,9,11-12H2,1-3H3. The Labute approximate surface area is 111 Å². The third kappa shape index (κ3) is 6.17. The molecule has 0 saturated heterocycles. The number of aryl methyl sites for hydroxylation is 1. The van der Waals surface area contributed by atoms with Gasteiger partial charge in [0.05, 0.1) is 5.69 Å². The Morgan fingerprint density at radius 1 is 1.44 bits per heavy atom. The molecule has 1 rings (SSSR count). The lowest BCUT2D eigenvalue weighted by Gasteiger charge is -2.17. The Morgan fingerprint density at radius 2 is 2.28 bits per heavy atom. The van der Waals surface area contributed by atoms with Crippen LogP contribution in [0.5, 0.6) is 0 Å². The summed E-state index contributed by atoms with van der Waals surface area (Å²) in [6, 6.07) is 2.61. The smallest absolute Gasteiger partial charge is 0.0639 e. The van der Waals surface area contributed by atoms with Crippen molar-refractivity contribution < 1.29 is 4.74 Å². The summed E-state index contributed by atoms with van der Waals surface area (Å²) >= 11 is 0. The minimum absolute atomic E-state index is 0.514. The Bertz CT molecular complexity index is 312. The molecule has 0 aliphatic rings.